The molecule has 0 saturated heterocycles. The number of halogens is 1. The van der Waals surface area contributed by atoms with Gasteiger partial charge in [-0.3, -0.25) is 4.99 Å². The minimum absolute atomic E-state index is 0.371. The molecule has 3 rings (SSSR count). The highest BCUT2D eigenvalue weighted by Crippen LogP contribution is 2.21. The number of para-hydroxylation sites is 1. The van der Waals surface area contributed by atoms with Gasteiger partial charge in [0.05, 0.1) is 11.4 Å². The van der Waals surface area contributed by atoms with Crippen LogP contribution in [0.3, 0.4) is 0 Å². The number of hydrogen-bond acceptors (Lipinski definition) is 4. The highest BCUT2D eigenvalue weighted by atomic mass is 35.5. The van der Waals surface area contributed by atoms with Crippen LogP contribution in [0.4, 0.5) is 5.82 Å². The Hall–Kier alpha value is -3.50. The third kappa shape index (κ3) is 5.56. The molecule has 1 heterocycles. The van der Waals surface area contributed by atoms with Gasteiger partial charge in [0.25, 0.3) is 0 Å². The first-order valence-electron chi connectivity index (χ1n) is 10.0. The molecule has 160 valence electrons. The van der Waals surface area contributed by atoms with Crippen molar-refractivity contribution in [2.24, 2.45) is 4.99 Å². The summed E-state index contributed by atoms with van der Waals surface area (Å²) in [5.74, 6) is 1.17. The van der Waals surface area contributed by atoms with Crippen LogP contribution in [0.1, 0.15) is 23.2 Å². The van der Waals surface area contributed by atoms with E-state index >= 15 is 0 Å². The maximum Gasteiger partial charge on any atom is 0.193 e. The van der Waals surface area contributed by atoms with Crippen LogP contribution in [-0.4, -0.2) is 41.3 Å². The molecule has 0 amide bonds. The molecule has 0 saturated carbocycles. The summed E-state index contributed by atoms with van der Waals surface area (Å²) in [6.07, 6.45) is 1.42. The summed E-state index contributed by atoms with van der Waals surface area (Å²) < 4.78 is 1.63. The second-order valence-electron chi connectivity index (χ2n) is 7.13. The van der Waals surface area contributed by atoms with Gasteiger partial charge in [-0.05, 0) is 42.7 Å². The van der Waals surface area contributed by atoms with E-state index < -0.39 is 0 Å². The lowest BCUT2D eigenvalue weighted by atomic mass is 10.1. The lowest BCUT2D eigenvalue weighted by Crippen LogP contribution is -2.39. The molecule has 0 radical (unpaired) electrons. The summed E-state index contributed by atoms with van der Waals surface area (Å²) >= 11 is 5.96. The minimum atomic E-state index is 0.371. The van der Waals surface area contributed by atoms with E-state index in [0.29, 0.717) is 36.6 Å². The maximum absolute atomic E-state index is 9.54. The molecule has 7 nitrogen and oxygen atoms in total. The Morgan fingerprint density at radius 1 is 1.23 bits per heavy atom. The van der Waals surface area contributed by atoms with Crippen LogP contribution >= 0.6 is 11.6 Å². The van der Waals surface area contributed by atoms with Gasteiger partial charge in [-0.1, -0.05) is 41.9 Å². The number of hydrogen-bond donors (Lipinski definition) is 2. The van der Waals surface area contributed by atoms with E-state index in [1.165, 1.54) is 0 Å². The number of benzene rings is 2. The van der Waals surface area contributed by atoms with Gasteiger partial charge in [-0.25, -0.2) is 4.68 Å². The molecule has 0 atom stereocenters. The van der Waals surface area contributed by atoms with Crippen molar-refractivity contribution in [2.75, 3.05) is 26.4 Å². The Kier molecular flexibility index (Phi) is 7.52. The van der Waals surface area contributed by atoms with Crippen molar-refractivity contribution < 1.29 is 0 Å². The van der Waals surface area contributed by atoms with E-state index in [0.717, 1.165) is 28.7 Å². The smallest absolute Gasteiger partial charge is 0.193 e. The standard InChI is InChI=1S/C23H26ClN7/c1-27-23(30(2)16-17-10-12-18(24)13-11-17)28-14-6-9-21-20(15-25)22(26)31(29-21)19-7-4-3-5-8-19/h3-5,7-8,10-13H,6,9,14,16,26H2,1-2H3,(H,27,28). The van der Waals surface area contributed by atoms with Crippen molar-refractivity contribution in [1.29, 1.82) is 5.26 Å². The van der Waals surface area contributed by atoms with E-state index in [4.69, 9.17) is 17.3 Å². The first kappa shape index (κ1) is 22.2. The zero-order valence-corrected chi connectivity index (χ0v) is 18.5. The van der Waals surface area contributed by atoms with Crippen LogP contribution in [0, 0.1) is 11.3 Å². The quantitative estimate of drug-likeness (QED) is 0.335. The average molecular weight is 436 g/mol. The van der Waals surface area contributed by atoms with Gasteiger partial charge in [0.15, 0.2) is 5.96 Å². The number of aromatic nitrogens is 2. The maximum atomic E-state index is 9.54. The number of rotatable bonds is 7. The molecule has 0 bridgehead atoms. The lowest BCUT2D eigenvalue weighted by Gasteiger charge is -2.22. The average Bonchev–Trinajstić information content (AvgIpc) is 3.11. The number of nitrogens with one attached hydrogen (secondary N) is 1. The second kappa shape index (κ2) is 10.5. The van der Waals surface area contributed by atoms with Crippen LogP contribution in [0.25, 0.3) is 5.69 Å². The summed E-state index contributed by atoms with van der Waals surface area (Å²) in [6.45, 7) is 1.41. The molecule has 3 N–H and O–H groups in total. The number of nitriles is 1. The van der Waals surface area contributed by atoms with Gasteiger partial charge in [-0.2, -0.15) is 10.4 Å². The lowest BCUT2D eigenvalue weighted by molar-refractivity contribution is 0.475. The van der Waals surface area contributed by atoms with Gasteiger partial charge in [0, 0.05) is 32.2 Å². The highest BCUT2D eigenvalue weighted by molar-refractivity contribution is 6.30. The molecule has 0 unspecified atom stereocenters. The number of nitrogen functional groups attached to an aromatic ring is 1. The normalized spacial score (nSPS) is 11.2. The fraction of sp³-hybridized carbons (Fsp3) is 0.261. The Bertz CT molecular complexity index is 1070. The summed E-state index contributed by atoms with van der Waals surface area (Å²) in [5.41, 5.74) is 9.30. The Balaban J connectivity index is 1.57. The molecule has 8 heteroatoms. The Morgan fingerprint density at radius 3 is 2.58 bits per heavy atom. The topological polar surface area (TPSA) is 95.3 Å². The molecule has 2 aromatic carbocycles. The van der Waals surface area contributed by atoms with Crippen molar-refractivity contribution >= 4 is 23.4 Å². The number of aliphatic imine (C=N–C) groups is 1. The number of nitrogens with zero attached hydrogens (tertiary/aromatic N) is 5. The van der Waals surface area contributed by atoms with Gasteiger partial charge >= 0.3 is 0 Å². The fourth-order valence-corrected chi connectivity index (χ4v) is 3.45. The molecule has 0 aliphatic rings. The van der Waals surface area contributed by atoms with Gasteiger partial charge < -0.3 is 16.0 Å². The Labute approximate surface area is 187 Å². The van der Waals surface area contributed by atoms with Crippen LogP contribution in [-0.2, 0) is 13.0 Å². The second-order valence-corrected chi connectivity index (χ2v) is 7.56. The van der Waals surface area contributed by atoms with Crippen molar-refractivity contribution in [3.8, 4) is 11.8 Å². The number of nitrogens with two attached hydrogens (primary N) is 1. The summed E-state index contributed by atoms with van der Waals surface area (Å²) in [4.78, 5) is 6.40. The monoisotopic (exact) mass is 435 g/mol. The number of aryl methyl sites for hydroxylation is 1. The van der Waals surface area contributed by atoms with E-state index in [1.807, 2.05) is 66.5 Å². The minimum Gasteiger partial charge on any atom is -0.382 e. The Morgan fingerprint density at radius 2 is 1.94 bits per heavy atom. The first-order valence-corrected chi connectivity index (χ1v) is 10.4. The molecular weight excluding hydrogens is 410 g/mol. The van der Waals surface area contributed by atoms with E-state index in [-0.39, 0.29) is 0 Å². The first-order chi connectivity index (χ1) is 15.0. The van der Waals surface area contributed by atoms with Crippen molar-refractivity contribution in [3.05, 3.63) is 76.4 Å². The molecule has 31 heavy (non-hydrogen) atoms. The van der Waals surface area contributed by atoms with Crippen molar-refractivity contribution in [1.82, 2.24) is 20.0 Å². The molecular formula is C23H26ClN7. The van der Waals surface area contributed by atoms with Crippen LogP contribution in [0.2, 0.25) is 5.02 Å². The third-order valence-corrected chi connectivity index (χ3v) is 5.14. The van der Waals surface area contributed by atoms with E-state index in [9.17, 15) is 5.26 Å². The number of anilines is 1. The number of guanidine groups is 1. The molecule has 1 aromatic heterocycles. The SMILES string of the molecule is CN=C(NCCCc1nn(-c2ccccc2)c(N)c1C#N)N(C)Cc1ccc(Cl)cc1. The van der Waals surface area contributed by atoms with Crippen molar-refractivity contribution in [2.45, 2.75) is 19.4 Å². The molecule has 0 spiro atoms. The van der Waals surface area contributed by atoms with Crippen molar-refractivity contribution in [3.63, 3.8) is 0 Å². The molecule has 0 aliphatic carbocycles. The van der Waals surface area contributed by atoms with E-state index in [1.54, 1.807) is 11.7 Å². The highest BCUT2D eigenvalue weighted by Gasteiger charge is 2.16. The molecule has 0 aliphatic heterocycles. The summed E-state index contributed by atoms with van der Waals surface area (Å²) in [6, 6.07) is 19.6. The van der Waals surface area contributed by atoms with E-state index in [2.05, 4.69) is 21.5 Å². The zero-order chi connectivity index (χ0) is 22.2. The van der Waals surface area contributed by atoms with Gasteiger partial charge in [-0.15, -0.1) is 0 Å². The molecule has 3 aromatic rings. The van der Waals surface area contributed by atoms with Crippen LogP contribution in [0.15, 0.2) is 59.6 Å². The largest absolute Gasteiger partial charge is 0.382 e. The van der Waals surface area contributed by atoms with Gasteiger partial charge in [0.1, 0.15) is 17.5 Å². The zero-order valence-electron chi connectivity index (χ0n) is 17.7. The summed E-state index contributed by atoms with van der Waals surface area (Å²) in [7, 11) is 3.75. The van der Waals surface area contributed by atoms with Gasteiger partial charge in [0.2, 0.25) is 0 Å². The fourth-order valence-electron chi connectivity index (χ4n) is 3.32. The summed E-state index contributed by atoms with van der Waals surface area (Å²) in [5, 5.41) is 18.2. The predicted octanol–water partition coefficient (Wildman–Crippen LogP) is 3.62. The van der Waals surface area contributed by atoms with Crippen LogP contribution < -0.4 is 11.1 Å². The third-order valence-electron chi connectivity index (χ3n) is 4.89. The predicted molar refractivity (Wildman–Crippen MR) is 125 cm³/mol. The molecule has 0 fully saturated rings. The van der Waals surface area contributed by atoms with Crippen LogP contribution in [0.5, 0.6) is 0 Å².